The zero-order chi connectivity index (χ0) is 23.2. The quantitative estimate of drug-likeness (QED) is 0.223. The van der Waals surface area contributed by atoms with Crippen LogP contribution in [0, 0.1) is 10.1 Å². The van der Waals surface area contributed by atoms with Crippen molar-refractivity contribution in [1.29, 1.82) is 0 Å². The van der Waals surface area contributed by atoms with Crippen molar-refractivity contribution in [1.82, 2.24) is 0 Å². The van der Waals surface area contributed by atoms with Gasteiger partial charge in [-0.05, 0) is 24.6 Å². The van der Waals surface area contributed by atoms with Crippen LogP contribution in [0.4, 0.5) is 13.2 Å². The lowest BCUT2D eigenvalue weighted by Crippen LogP contribution is -2.41. The third kappa shape index (κ3) is 7.17. The summed E-state index contributed by atoms with van der Waals surface area (Å²) < 4.78 is 54.5. The summed E-state index contributed by atoms with van der Waals surface area (Å²) in [4.78, 5) is 37.6. The molecule has 31 heavy (non-hydrogen) atoms. The van der Waals surface area contributed by atoms with E-state index in [1.807, 2.05) is 0 Å². The maximum Gasteiger partial charge on any atom is 0.430 e. The molecule has 0 spiro atoms. The zero-order valence-corrected chi connectivity index (χ0v) is 17.0. The Morgan fingerprint density at radius 3 is 2.48 bits per heavy atom. The SMILES string of the molecule is O=C(CCCO[N+](=O)[O-])OCCOC(=O)C1=Cc2cc(Cl)cc(Cl)c2O[C@@H]1C(F)(F)F. The molecule has 14 heteroatoms. The topological polar surface area (TPSA) is 114 Å². The van der Waals surface area contributed by atoms with Gasteiger partial charge in [0, 0.05) is 17.0 Å². The molecule has 1 aliphatic heterocycles. The van der Waals surface area contributed by atoms with Crippen molar-refractivity contribution in [2.45, 2.75) is 25.1 Å². The average Bonchev–Trinajstić information content (AvgIpc) is 2.66. The molecular formula is C17H14Cl2F3NO8. The Labute approximate surface area is 182 Å². The minimum atomic E-state index is -4.94. The molecule has 9 nitrogen and oxygen atoms in total. The molecule has 2 rings (SSSR count). The third-order valence-corrected chi connectivity index (χ3v) is 4.20. The first kappa shape index (κ1) is 24.5. The molecule has 1 heterocycles. The minimum Gasteiger partial charge on any atom is -0.474 e. The molecule has 0 aromatic heterocycles. The van der Waals surface area contributed by atoms with Gasteiger partial charge in [-0.25, -0.2) is 4.79 Å². The Kier molecular flexibility index (Phi) is 8.34. The maximum atomic E-state index is 13.4. The Morgan fingerprint density at radius 1 is 1.16 bits per heavy atom. The number of hydrogen-bond donors (Lipinski definition) is 0. The lowest BCUT2D eigenvalue weighted by molar-refractivity contribution is -0.757. The minimum absolute atomic E-state index is 0.0155. The summed E-state index contributed by atoms with van der Waals surface area (Å²) in [6.07, 6.45) is -6.82. The van der Waals surface area contributed by atoms with Gasteiger partial charge in [0.15, 0.2) is 0 Å². The molecule has 1 aromatic carbocycles. The molecule has 0 unspecified atom stereocenters. The smallest absolute Gasteiger partial charge is 0.430 e. The monoisotopic (exact) mass is 487 g/mol. The fourth-order valence-electron chi connectivity index (χ4n) is 2.45. The van der Waals surface area contributed by atoms with Crippen molar-refractivity contribution in [3.05, 3.63) is 43.4 Å². The lowest BCUT2D eigenvalue weighted by Gasteiger charge is -2.28. The number of rotatable bonds is 9. The van der Waals surface area contributed by atoms with Gasteiger partial charge in [0.25, 0.3) is 5.09 Å². The second-order valence-corrected chi connectivity index (χ2v) is 6.81. The van der Waals surface area contributed by atoms with Crippen LogP contribution in [0.5, 0.6) is 5.75 Å². The van der Waals surface area contributed by atoms with Crippen molar-refractivity contribution >= 4 is 41.2 Å². The zero-order valence-electron chi connectivity index (χ0n) is 15.4. The van der Waals surface area contributed by atoms with Gasteiger partial charge in [-0.2, -0.15) is 13.2 Å². The van der Waals surface area contributed by atoms with Crippen molar-refractivity contribution in [3.63, 3.8) is 0 Å². The van der Waals surface area contributed by atoms with Gasteiger partial charge in [-0.1, -0.05) is 23.2 Å². The van der Waals surface area contributed by atoms with E-state index in [2.05, 4.69) is 4.84 Å². The molecule has 0 amide bonds. The Morgan fingerprint density at radius 2 is 1.84 bits per heavy atom. The molecule has 170 valence electrons. The summed E-state index contributed by atoms with van der Waals surface area (Å²) in [7, 11) is 0. The van der Waals surface area contributed by atoms with Gasteiger partial charge in [-0.15, -0.1) is 10.1 Å². The molecule has 0 aliphatic carbocycles. The number of fused-ring (bicyclic) bond motifs is 1. The predicted octanol–water partition coefficient (Wildman–Crippen LogP) is 3.78. The van der Waals surface area contributed by atoms with Crippen LogP contribution in [0.1, 0.15) is 18.4 Å². The number of ether oxygens (including phenoxy) is 3. The Balaban J connectivity index is 1.95. The van der Waals surface area contributed by atoms with E-state index < -0.39 is 48.1 Å². The van der Waals surface area contributed by atoms with Gasteiger partial charge < -0.3 is 19.0 Å². The first-order chi connectivity index (χ1) is 14.5. The first-order valence-corrected chi connectivity index (χ1v) is 9.28. The fraction of sp³-hybridized carbons (Fsp3) is 0.412. The molecular weight excluding hydrogens is 474 g/mol. The number of hydrogen-bond acceptors (Lipinski definition) is 8. The standard InChI is InChI=1S/C17H14Cl2F3NO8/c18-10-6-9-7-11(15(17(20,21)22)31-14(9)12(19)8-10)16(25)29-5-4-28-13(24)2-1-3-30-23(26)27/h6-8,15H,1-5H2/t15-/m0/s1. The summed E-state index contributed by atoms with van der Waals surface area (Å²) in [6.45, 7) is -1.26. The van der Waals surface area contributed by atoms with Crippen LogP contribution in [-0.2, 0) is 23.9 Å². The summed E-state index contributed by atoms with van der Waals surface area (Å²) in [6, 6.07) is 2.47. The number of halogens is 5. The summed E-state index contributed by atoms with van der Waals surface area (Å²) in [5.74, 6) is -2.37. The molecule has 0 N–H and O–H groups in total. The lowest BCUT2D eigenvalue weighted by atomic mass is 10.0. The molecule has 0 saturated carbocycles. The van der Waals surface area contributed by atoms with Crippen LogP contribution in [0.25, 0.3) is 6.08 Å². The molecule has 1 atom stereocenters. The van der Waals surface area contributed by atoms with Crippen molar-refractivity contribution < 1.29 is 46.9 Å². The van der Waals surface area contributed by atoms with Crippen LogP contribution in [0.15, 0.2) is 17.7 Å². The van der Waals surface area contributed by atoms with E-state index in [1.54, 1.807) is 0 Å². The molecule has 1 aromatic rings. The molecule has 0 fully saturated rings. The van der Waals surface area contributed by atoms with Crippen molar-refractivity contribution in [3.8, 4) is 5.75 Å². The van der Waals surface area contributed by atoms with Gasteiger partial charge in [-0.3, -0.25) is 4.79 Å². The highest BCUT2D eigenvalue weighted by atomic mass is 35.5. The van der Waals surface area contributed by atoms with E-state index in [9.17, 15) is 32.9 Å². The highest BCUT2D eigenvalue weighted by Crippen LogP contribution is 2.42. The molecule has 1 aliphatic rings. The third-order valence-electron chi connectivity index (χ3n) is 3.70. The number of nitrogens with zero attached hydrogens (tertiary/aromatic N) is 1. The number of carbonyl (C=O) groups is 2. The molecule has 0 radical (unpaired) electrons. The Hall–Kier alpha value is -2.73. The van der Waals surface area contributed by atoms with Gasteiger partial charge in [0.2, 0.25) is 6.10 Å². The summed E-state index contributed by atoms with van der Waals surface area (Å²) in [5.41, 5.74) is -0.769. The number of alkyl halides is 3. The Bertz CT molecular complexity index is 891. The van der Waals surface area contributed by atoms with E-state index >= 15 is 0 Å². The van der Waals surface area contributed by atoms with Crippen LogP contribution < -0.4 is 4.74 Å². The van der Waals surface area contributed by atoms with E-state index in [4.69, 9.17) is 37.4 Å². The van der Waals surface area contributed by atoms with Crippen molar-refractivity contribution in [2.24, 2.45) is 0 Å². The second-order valence-electron chi connectivity index (χ2n) is 5.96. The van der Waals surface area contributed by atoms with Crippen LogP contribution in [-0.4, -0.2) is 49.1 Å². The summed E-state index contributed by atoms with van der Waals surface area (Å²) >= 11 is 11.7. The number of benzene rings is 1. The van der Waals surface area contributed by atoms with Gasteiger partial charge >= 0.3 is 18.1 Å². The normalized spacial score (nSPS) is 15.3. The van der Waals surface area contributed by atoms with Crippen molar-refractivity contribution in [2.75, 3.05) is 19.8 Å². The summed E-state index contributed by atoms with van der Waals surface area (Å²) in [5, 5.41) is 8.91. The first-order valence-electron chi connectivity index (χ1n) is 8.53. The highest BCUT2D eigenvalue weighted by Gasteiger charge is 2.49. The van der Waals surface area contributed by atoms with Gasteiger partial charge in [0.05, 0.1) is 17.2 Å². The number of esters is 2. The maximum absolute atomic E-state index is 13.4. The second kappa shape index (κ2) is 10.5. The van der Waals surface area contributed by atoms with E-state index in [-0.39, 0.29) is 40.8 Å². The van der Waals surface area contributed by atoms with E-state index in [0.29, 0.717) is 0 Å². The van der Waals surface area contributed by atoms with Crippen LogP contribution in [0.3, 0.4) is 0 Å². The molecule has 0 bridgehead atoms. The molecule has 0 saturated heterocycles. The predicted molar refractivity (Wildman–Crippen MR) is 99.0 cm³/mol. The highest BCUT2D eigenvalue weighted by molar-refractivity contribution is 6.36. The van der Waals surface area contributed by atoms with E-state index in [0.717, 1.165) is 6.08 Å². The van der Waals surface area contributed by atoms with Crippen LogP contribution >= 0.6 is 23.2 Å². The van der Waals surface area contributed by atoms with Gasteiger partial charge in [0.1, 0.15) is 19.0 Å². The largest absolute Gasteiger partial charge is 0.474 e. The number of carbonyl (C=O) groups excluding carboxylic acids is 2. The average molecular weight is 488 g/mol. The van der Waals surface area contributed by atoms with Crippen LogP contribution in [0.2, 0.25) is 10.0 Å². The fourth-order valence-corrected chi connectivity index (χ4v) is 3.00. The van der Waals surface area contributed by atoms with E-state index in [1.165, 1.54) is 12.1 Å².